The summed E-state index contributed by atoms with van der Waals surface area (Å²) in [5.41, 5.74) is 2.39. The molecule has 8 nitrogen and oxygen atoms in total. The molecule has 8 heteroatoms. The highest BCUT2D eigenvalue weighted by atomic mass is 16.5. The quantitative estimate of drug-likeness (QED) is 0.281. The van der Waals surface area contributed by atoms with Gasteiger partial charge in [-0.05, 0) is 50.1 Å². The van der Waals surface area contributed by atoms with Gasteiger partial charge in [-0.25, -0.2) is 4.98 Å². The minimum atomic E-state index is -1.05. The monoisotopic (exact) mass is 451 g/mol. The molecule has 0 saturated carbocycles. The van der Waals surface area contributed by atoms with Gasteiger partial charge in [-0.3, -0.25) is 14.5 Å². The number of carbonyl (C=O) groups excluding carboxylic acids is 2. The summed E-state index contributed by atoms with van der Waals surface area (Å²) < 4.78 is 18.2. The van der Waals surface area contributed by atoms with Crippen LogP contribution in [0.25, 0.3) is 11.0 Å². The highest BCUT2D eigenvalue weighted by Crippen LogP contribution is 2.42. The molecule has 0 saturated heterocycles. The molecule has 0 aliphatic carbocycles. The number of fused-ring (bicyclic) bond motifs is 3. The molecule has 3 aromatic rings. The highest BCUT2D eigenvalue weighted by Gasteiger charge is 2.47. The summed E-state index contributed by atoms with van der Waals surface area (Å²) >= 11 is 0. The predicted molar refractivity (Wildman–Crippen MR) is 124 cm³/mol. The molecule has 0 bridgehead atoms. The van der Waals surface area contributed by atoms with E-state index < -0.39 is 17.9 Å². The van der Waals surface area contributed by atoms with E-state index >= 15 is 0 Å². The van der Waals surface area contributed by atoms with Gasteiger partial charge in [-0.15, -0.1) is 0 Å². The Morgan fingerprint density at radius 3 is 2.67 bits per heavy atom. The van der Waals surface area contributed by atoms with Crippen molar-refractivity contribution < 1.29 is 23.8 Å². The Labute approximate surface area is 193 Å². The number of carbonyl (C=O) groups is 2. The fraction of sp³-hybridized carbons (Fsp3) is 0.400. The summed E-state index contributed by atoms with van der Waals surface area (Å²) in [5.74, 6) is -0.716. The summed E-state index contributed by atoms with van der Waals surface area (Å²) in [4.78, 5) is 33.3. The van der Waals surface area contributed by atoms with E-state index in [4.69, 9.17) is 19.2 Å². The third-order valence-electron chi connectivity index (χ3n) is 5.73. The van der Waals surface area contributed by atoms with Crippen molar-refractivity contribution in [3.05, 3.63) is 54.1 Å². The molecule has 1 aliphatic heterocycles. The van der Waals surface area contributed by atoms with Crippen LogP contribution < -0.4 is 9.64 Å². The minimum absolute atomic E-state index is 0.190. The maximum Gasteiger partial charge on any atom is 0.321 e. The number of benzene rings is 2. The van der Waals surface area contributed by atoms with Crippen LogP contribution in [0, 0.1) is 5.92 Å². The van der Waals surface area contributed by atoms with Gasteiger partial charge in [-0.2, -0.15) is 0 Å². The number of nitrogens with zero attached hydrogens (tertiary/aromatic N) is 3. The number of para-hydroxylation sites is 2. The normalized spacial score (nSPS) is 17.8. The second kappa shape index (κ2) is 10.0. The Bertz CT molecular complexity index is 1140. The lowest BCUT2D eigenvalue weighted by Crippen LogP contribution is -2.50. The summed E-state index contributed by atoms with van der Waals surface area (Å²) in [7, 11) is 1.62. The number of ether oxygens (including phenoxy) is 3. The molecule has 2 aromatic carbocycles. The van der Waals surface area contributed by atoms with Crippen molar-refractivity contribution in [2.24, 2.45) is 5.92 Å². The van der Waals surface area contributed by atoms with Gasteiger partial charge < -0.3 is 18.8 Å². The number of anilines is 1. The first-order valence-electron chi connectivity index (χ1n) is 11.3. The average Bonchev–Trinajstić information content (AvgIpc) is 3.19. The van der Waals surface area contributed by atoms with Crippen LogP contribution in [0.2, 0.25) is 0 Å². The molecule has 0 fully saturated rings. The standard InChI is InChI=1S/C25H29N3O5/c1-4-32-18-11-8-10-17(16-18)22-21(24(30)33-5-2)23(29)27(14-9-15-31-3)25-26-19-12-6-7-13-20(19)28(22)25/h6-8,10-13,16,21-22H,4-5,9,14-15H2,1-3H3/t21-,22-/m1/s1. The molecule has 0 radical (unpaired) electrons. The first kappa shape index (κ1) is 22.8. The Morgan fingerprint density at radius 2 is 1.91 bits per heavy atom. The Hall–Kier alpha value is -3.39. The second-order valence-corrected chi connectivity index (χ2v) is 7.79. The van der Waals surface area contributed by atoms with Crippen molar-refractivity contribution in [3.8, 4) is 5.75 Å². The maximum atomic E-state index is 13.8. The van der Waals surface area contributed by atoms with E-state index in [0.29, 0.717) is 37.9 Å². The molecule has 174 valence electrons. The van der Waals surface area contributed by atoms with Gasteiger partial charge in [-0.1, -0.05) is 24.3 Å². The van der Waals surface area contributed by atoms with E-state index in [1.165, 1.54) is 0 Å². The number of hydrogen-bond donors (Lipinski definition) is 0. The number of esters is 1. The molecule has 1 amide bonds. The van der Waals surface area contributed by atoms with E-state index in [1.807, 2.05) is 60.0 Å². The van der Waals surface area contributed by atoms with Crippen molar-refractivity contribution >= 4 is 28.9 Å². The van der Waals surface area contributed by atoms with E-state index in [-0.39, 0.29) is 12.5 Å². The first-order valence-corrected chi connectivity index (χ1v) is 11.3. The van der Waals surface area contributed by atoms with Crippen LogP contribution in [0.15, 0.2) is 48.5 Å². The maximum absolute atomic E-state index is 13.8. The Balaban J connectivity index is 1.93. The Kier molecular flexibility index (Phi) is 6.93. The van der Waals surface area contributed by atoms with E-state index in [9.17, 15) is 9.59 Å². The van der Waals surface area contributed by atoms with Crippen LogP contribution in [-0.2, 0) is 19.1 Å². The van der Waals surface area contributed by atoms with Gasteiger partial charge in [0.15, 0.2) is 5.92 Å². The molecule has 2 atom stereocenters. The highest BCUT2D eigenvalue weighted by molar-refractivity contribution is 6.08. The molecular formula is C25H29N3O5. The molecule has 33 heavy (non-hydrogen) atoms. The van der Waals surface area contributed by atoms with Crippen LogP contribution in [0.3, 0.4) is 0 Å². The van der Waals surface area contributed by atoms with Crippen LogP contribution in [0.4, 0.5) is 5.95 Å². The van der Waals surface area contributed by atoms with Crippen LogP contribution in [-0.4, -0.2) is 54.9 Å². The van der Waals surface area contributed by atoms with Gasteiger partial charge in [0, 0.05) is 20.3 Å². The number of methoxy groups -OCH3 is 1. The van der Waals surface area contributed by atoms with Crippen molar-refractivity contribution in [3.63, 3.8) is 0 Å². The molecule has 2 heterocycles. The van der Waals surface area contributed by atoms with Crippen LogP contribution in [0.5, 0.6) is 5.75 Å². The molecule has 1 aromatic heterocycles. The van der Waals surface area contributed by atoms with E-state index in [0.717, 1.165) is 16.6 Å². The fourth-order valence-corrected chi connectivity index (χ4v) is 4.38. The zero-order valence-corrected chi connectivity index (χ0v) is 19.2. The number of imidazole rings is 1. The summed E-state index contributed by atoms with van der Waals surface area (Å²) in [5, 5.41) is 0. The number of amides is 1. The molecule has 1 aliphatic rings. The zero-order valence-electron chi connectivity index (χ0n) is 19.2. The van der Waals surface area contributed by atoms with E-state index in [2.05, 4.69) is 0 Å². The lowest BCUT2D eigenvalue weighted by molar-refractivity contribution is -0.153. The number of hydrogen-bond acceptors (Lipinski definition) is 6. The van der Waals surface area contributed by atoms with E-state index in [1.54, 1.807) is 18.9 Å². The summed E-state index contributed by atoms with van der Waals surface area (Å²) in [6, 6.07) is 14.6. The number of aromatic nitrogens is 2. The minimum Gasteiger partial charge on any atom is -0.494 e. The molecule has 0 unspecified atom stereocenters. The lowest BCUT2D eigenvalue weighted by Gasteiger charge is -2.38. The zero-order chi connectivity index (χ0) is 23.4. The van der Waals surface area contributed by atoms with Crippen molar-refractivity contribution in [2.75, 3.05) is 38.4 Å². The van der Waals surface area contributed by atoms with Gasteiger partial charge in [0.1, 0.15) is 5.75 Å². The summed E-state index contributed by atoms with van der Waals surface area (Å²) in [6.45, 7) is 5.24. The predicted octanol–water partition coefficient (Wildman–Crippen LogP) is 3.59. The topological polar surface area (TPSA) is 82.9 Å². The Morgan fingerprint density at radius 1 is 1.09 bits per heavy atom. The first-order chi connectivity index (χ1) is 16.1. The van der Waals surface area contributed by atoms with Crippen molar-refractivity contribution in [1.82, 2.24) is 9.55 Å². The fourth-order valence-electron chi connectivity index (χ4n) is 4.38. The smallest absolute Gasteiger partial charge is 0.321 e. The third-order valence-corrected chi connectivity index (χ3v) is 5.73. The molecule has 0 spiro atoms. The van der Waals surface area contributed by atoms with Crippen molar-refractivity contribution in [2.45, 2.75) is 26.3 Å². The SMILES string of the molecule is CCOC(=O)[C@H]1C(=O)N(CCCOC)c2nc3ccccc3n2[C@@H]1c1cccc(OCC)c1. The largest absolute Gasteiger partial charge is 0.494 e. The number of rotatable bonds is 9. The van der Waals surface area contributed by atoms with Crippen LogP contribution in [0.1, 0.15) is 31.9 Å². The van der Waals surface area contributed by atoms with Gasteiger partial charge >= 0.3 is 5.97 Å². The average molecular weight is 452 g/mol. The molecule has 4 rings (SSSR count). The van der Waals surface area contributed by atoms with Gasteiger partial charge in [0.2, 0.25) is 11.9 Å². The third kappa shape index (κ3) is 4.30. The van der Waals surface area contributed by atoms with Gasteiger partial charge in [0.05, 0.1) is 30.3 Å². The molecular weight excluding hydrogens is 422 g/mol. The van der Waals surface area contributed by atoms with Crippen molar-refractivity contribution in [1.29, 1.82) is 0 Å². The van der Waals surface area contributed by atoms with Crippen LogP contribution >= 0.6 is 0 Å². The second-order valence-electron chi connectivity index (χ2n) is 7.79. The van der Waals surface area contributed by atoms with Gasteiger partial charge in [0.25, 0.3) is 0 Å². The summed E-state index contributed by atoms with van der Waals surface area (Å²) in [6.07, 6.45) is 0.617. The lowest BCUT2D eigenvalue weighted by atomic mass is 9.89. The molecule has 0 N–H and O–H groups in total.